The summed E-state index contributed by atoms with van der Waals surface area (Å²) in [5, 5.41) is 21.9. The van der Waals surface area contributed by atoms with Crippen LogP contribution in [0.4, 0.5) is 0 Å². The Balaban J connectivity index is 1.11. The number of hydrogen-bond donors (Lipinski definition) is 2. The van der Waals surface area contributed by atoms with Gasteiger partial charge in [-0.05, 0) is 85.7 Å². The molecule has 0 aromatic rings. The summed E-state index contributed by atoms with van der Waals surface area (Å²) in [7, 11) is 0. The number of aliphatic imine (C=N–C) groups is 1. The predicted octanol–water partition coefficient (Wildman–Crippen LogP) is 5.21. The zero-order valence-electron chi connectivity index (χ0n) is 22.8. The van der Waals surface area contributed by atoms with Gasteiger partial charge in [-0.1, -0.05) is 49.8 Å². The van der Waals surface area contributed by atoms with Crippen molar-refractivity contribution in [1.82, 2.24) is 4.90 Å². The van der Waals surface area contributed by atoms with Crippen LogP contribution in [0.3, 0.4) is 0 Å². The molecular formula is C32H46N2O3. The van der Waals surface area contributed by atoms with E-state index in [1.807, 2.05) is 6.34 Å². The van der Waals surface area contributed by atoms with Crippen LogP contribution in [0.15, 0.2) is 52.1 Å². The van der Waals surface area contributed by atoms with Crippen LogP contribution < -0.4 is 0 Å². The summed E-state index contributed by atoms with van der Waals surface area (Å²) < 4.78 is 6.20. The second-order valence-corrected chi connectivity index (χ2v) is 13.2. The van der Waals surface area contributed by atoms with Gasteiger partial charge < -0.3 is 19.8 Å². The van der Waals surface area contributed by atoms with Crippen molar-refractivity contribution in [3.05, 3.63) is 47.1 Å². The van der Waals surface area contributed by atoms with Crippen LogP contribution in [0.5, 0.6) is 0 Å². The van der Waals surface area contributed by atoms with E-state index in [2.05, 4.69) is 54.1 Å². The van der Waals surface area contributed by atoms with Crippen LogP contribution in [-0.2, 0) is 4.74 Å². The normalized spacial score (nSPS) is 43.9. The molecule has 0 bridgehead atoms. The van der Waals surface area contributed by atoms with Gasteiger partial charge in [-0.25, -0.2) is 0 Å². The number of fused-ring (bicyclic) bond motifs is 5. The first-order chi connectivity index (χ1) is 17.9. The van der Waals surface area contributed by atoms with Crippen LogP contribution in [-0.4, -0.2) is 66.0 Å². The number of hydrogen-bond acceptors (Lipinski definition) is 5. The zero-order valence-corrected chi connectivity index (χ0v) is 22.8. The van der Waals surface area contributed by atoms with E-state index in [0.717, 1.165) is 77.6 Å². The van der Waals surface area contributed by atoms with Gasteiger partial charge in [-0.2, -0.15) is 0 Å². The molecule has 6 aliphatic rings. The Morgan fingerprint density at radius 3 is 2.86 bits per heavy atom. The second kappa shape index (κ2) is 10.1. The Morgan fingerprint density at radius 2 is 2.03 bits per heavy atom. The number of nitrogens with zero attached hydrogens (tertiary/aromatic N) is 2. The molecule has 202 valence electrons. The molecule has 2 N–H and O–H groups in total. The van der Waals surface area contributed by atoms with Crippen molar-refractivity contribution < 1.29 is 14.9 Å². The average Bonchev–Trinajstić information content (AvgIpc) is 3.49. The van der Waals surface area contributed by atoms with Crippen LogP contribution in [0.2, 0.25) is 0 Å². The maximum absolute atomic E-state index is 11.6. The van der Waals surface area contributed by atoms with E-state index in [4.69, 9.17) is 4.74 Å². The second-order valence-electron chi connectivity index (χ2n) is 13.2. The molecule has 0 radical (unpaired) electrons. The van der Waals surface area contributed by atoms with Gasteiger partial charge >= 0.3 is 0 Å². The summed E-state index contributed by atoms with van der Waals surface area (Å²) in [5.74, 6) is 1.86. The SMILES string of the molecule is CC12CC[C@H](O)CC1=CCC1C2CC[C@@]2(C)C1C/C(=C\C1=CC=CC(OCCCN3C=NCC3)C1)[C@@H]2O. The smallest absolute Gasteiger partial charge is 0.0851 e. The lowest BCUT2D eigenvalue weighted by molar-refractivity contribution is -0.0686. The van der Waals surface area contributed by atoms with Crippen LogP contribution in [0, 0.1) is 28.6 Å². The molecule has 0 aromatic heterocycles. The summed E-state index contributed by atoms with van der Waals surface area (Å²) in [4.78, 5) is 6.55. The Hall–Kier alpha value is -1.69. The van der Waals surface area contributed by atoms with Crippen LogP contribution in [0.25, 0.3) is 0 Å². The summed E-state index contributed by atoms with van der Waals surface area (Å²) in [5.41, 5.74) is 4.25. The molecule has 5 aliphatic carbocycles. The number of allylic oxidation sites excluding steroid dienone is 4. The minimum Gasteiger partial charge on any atom is -0.393 e. The molecule has 8 atom stereocenters. The molecule has 5 unspecified atom stereocenters. The van der Waals surface area contributed by atoms with Crippen LogP contribution in [0.1, 0.15) is 71.6 Å². The number of ether oxygens (including phenoxy) is 1. The maximum Gasteiger partial charge on any atom is 0.0851 e. The van der Waals surface area contributed by atoms with E-state index in [-0.39, 0.29) is 29.1 Å². The van der Waals surface area contributed by atoms with Crippen LogP contribution >= 0.6 is 0 Å². The topological polar surface area (TPSA) is 65.3 Å². The highest BCUT2D eigenvalue weighted by Gasteiger charge is 2.59. The zero-order chi connectivity index (χ0) is 25.6. The van der Waals surface area contributed by atoms with Gasteiger partial charge in [0.15, 0.2) is 0 Å². The Morgan fingerprint density at radius 1 is 1.14 bits per heavy atom. The van der Waals surface area contributed by atoms with Crippen molar-refractivity contribution in [2.45, 2.75) is 89.9 Å². The highest BCUT2D eigenvalue weighted by molar-refractivity contribution is 5.56. The minimum absolute atomic E-state index is 0.0251. The van der Waals surface area contributed by atoms with Crippen molar-refractivity contribution in [2.24, 2.45) is 33.6 Å². The van der Waals surface area contributed by atoms with Crippen molar-refractivity contribution in [3.8, 4) is 0 Å². The fraction of sp³-hybridized carbons (Fsp3) is 0.719. The van der Waals surface area contributed by atoms with E-state index in [1.165, 1.54) is 23.1 Å². The molecule has 6 rings (SSSR count). The fourth-order valence-corrected chi connectivity index (χ4v) is 8.86. The van der Waals surface area contributed by atoms with Gasteiger partial charge in [0, 0.05) is 31.5 Å². The molecule has 5 nitrogen and oxygen atoms in total. The first kappa shape index (κ1) is 25.6. The summed E-state index contributed by atoms with van der Waals surface area (Å²) in [6, 6.07) is 0. The Kier molecular flexibility index (Phi) is 7.00. The van der Waals surface area contributed by atoms with E-state index in [1.54, 1.807) is 0 Å². The Bertz CT molecular complexity index is 1030. The third-order valence-electron chi connectivity index (χ3n) is 11.1. The third kappa shape index (κ3) is 4.70. The highest BCUT2D eigenvalue weighted by Crippen LogP contribution is 2.65. The van der Waals surface area contributed by atoms with E-state index >= 15 is 0 Å². The first-order valence-electron chi connectivity index (χ1n) is 14.9. The van der Waals surface area contributed by atoms with Gasteiger partial charge in [0.05, 0.1) is 31.2 Å². The molecule has 1 aliphatic heterocycles. The lowest BCUT2D eigenvalue weighted by Gasteiger charge is -2.57. The molecule has 3 saturated carbocycles. The molecular weight excluding hydrogens is 460 g/mol. The van der Waals surface area contributed by atoms with Gasteiger partial charge in [-0.15, -0.1) is 0 Å². The van der Waals surface area contributed by atoms with E-state index < -0.39 is 0 Å². The van der Waals surface area contributed by atoms with Crippen molar-refractivity contribution >= 4 is 6.34 Å². The molecule has 0 spiro atoms. The quantitative estimate of drug-likeness (QED) is 0.383. The molecule has 1 heterocycles. The van der Waals surface area contributed by atoms with E-state index in [0.29, 0.717) is 17.8 Å². The van der Waals surface area contributed by atoms with Gasteiger partial charge in [0.1, 0.15) is 0 Å². The van der Waals surface area contributed by atoms with Crippen molar-refractivity contribution in [1.29, 1.82) is 0 Å². The molecule has 0 saturated heterocycles. The number of aliphatic hydroxyl groups excluding tert-OH is 2. The summed E-state index contributed by atoms with van der Waals surface area (Å²) >= 11 is 0. The van der Waals surface area contributed by atoms with Gasteiger partial charge in [0.2, 0.25) is 0 Å². The fourth-order valence-electron chi connectivity index (χ4n) is 8.86. The lowest BCUT2D eigenvalue weighted by Crippen LogP contribution is -2.51. The molecule has 37 heavy (non-hydrogen) atoms. The maximum atomic E-state index is 11.6. The van der Waals surface area contributed by atoms with Gasteiger partial charge in [-0.3, -0.25) is 4.99 Å². The van der Waals surface area contributed by atoms with E-state index in [9.17, 15) is 10.2 Å². The van der Waals surface area contributed by atoms with Crippen molar-refractivity contribution in [2.75, 3.05) is 26.2 Å². The molecule has 3 fully saturated rings. The minimum atomic E-state index is -0.349. The summed E-state index contributed by atoms with van der Waals surface area (Å²) in [6.45, 7) is 8.57. The Labute approximate surface area is 223 Å². The lowest BCUT2D eigenvalue weighted by atomic mass is 9.48. The molecule has 0 amide bonds. The monoisotopic (exact) mass is 506 g/mol. The van der Waals surface area contributed by atoms with Gasteiger partial charge in [0.25, 0.3) is 0 Å². The highest BCUT2D eigenvalue weighted by atomic mass is 16.5. The molecule has 5 heteroatoms. The number of rotatable bonds is 6. The largest absolute Gasteiger partial charge is 0.393 e. The number of aliphatic hydroxyl groups is 2. The standard InChI is InChI=1S/C32H46N2O3/c1-31-11-9-25(35)20-24(31)7-8-27-28(31)10-12-32(2)29(27)19-23(30(32)36)17-22-5-3-6-26(18-22)37-16-4-14-34-15-13-33-21-34/h3,5-7,17,21,25-30,35-36H,4,8-16,18-20H2,1-2H3/b23-17+/t25-,26?,27?,28?,29?,30-,31?,32-/m0/s1. The summed E-state index contributed by atoms with van der Waals surface area (Å²) in [6.07, 6.45) is 22.1. The average molecular weight is 507 g/mol. The van der Waals surface area contributed by atoms with Crippen molar-refractivity contribution in [3.63, 3.8) is 0 Å². The first-order valence-corrected chi connectivity index (χ1v) is 14.9. The predicted molar refractivity (Wildman–Crippen MR) is 148 cm³/mol. The third-order valence-corrected chi connectivity index (χ3v) is 11.1. The molecule has 0 aromatic carbocycles.